The van der Waals surface area contributed by atoms with E-state index in [0.29, 0.717) is 0 Å². The van der Waals surface area contributed by atoms with Gasteiger partial charge in [0.25, 0.3) is 5.91 Å². The van der Waals surface area contributed by atoms with E-state index < -0.39 is 18.0 Å². The largest absolute Gasteiger partial charge is 0.507 e. The summed E-state index contributed by atoms with van der Waals surface area (Å²) in [6, 6.07) is 3.86. The van der Waals surface area contributed by atoms with Gasteiger partial charge in [0, 0.05) is 13.1 Å². The molecule has 0 spiro atoms. The molecule has 110 valence electrons. The topological polar surface area (TPSA) is 60.8 Å². The van der Waals surface area contributed by atoms with E-state index in [-0.39, 0.29) is 43.0 Å². The fourth-order valence-corrected chi connectivity index (χ4v) is 2.32. The fourth-order valence-electron chi connectivity index (χ4n) is 2.32. The zero-order chi connectivity index (χ0) is 14.9. The minimum atomic E-state index is -4.24. The van der Waals surface area contributed by atoms with Gasteiger partial charge < -0.3 is 15.1 Å². The lowest BCUT2D eigenvalue weighted by molar-refractivity contribution is -0.183. The molecule has 1 saturated heterocycles. The van der Waals surface area contributed by atoms with Gasteiger partial charge in [-0.15, -0.1) is 0 Å². The molecule has 0 aliphatic carbocycles. The molecule has 1 aliphatic rings. The summed E-state index contributed by atoms with van der Waals surface area (Å²) >= 11 is 0. The number of phenolic OH excluding ortho intramolecular Hbond substituents is 2. The van der Waals surface area contributed by atoms with Gasteiger partial charge in [0.2, 0.25) is 0 Å². The first-order valence-corrected chi connectivity index (χ1v) is 6.17. The summed E-state index contributed by atoms with van der Waals surface area (Å²) in [5, 5.41) is 19.2. The van der Waals surface area contributed by atoms with E-state index in [4.69, 9.17) is 0 Å². The second-order valence-electron chi connectivity index (χ2n) is 4.78. The molecular formula is C13H14F3NO3. The molecule has 1 amide bonds. The van der Waals surface area contributed by atoms with Crippen LogP contribution < -0.4 is 0 Å². The van der Waals surface area contributed by atoms with Gasteiger partial charge in [-0.2, -0.15) is 13.2 Å². The summed E-state index contributed by atoms with van der Waals surface area (Å²) in [6.45, 7) is -0.0897. The average Bonchev–Trinajstić information content (AvgIpc) is 2.37. The summed E-state index contributed by atoms with van der Waals surface area (Å²) in [5.74, 6) is -2.81. The Bertz CT molecular complexity index is 488. The van der Waals surface area contributed by atoms with Crippen molar-refractivity contribution in [2.45, 2.75) is 19.0 Å². The summed E-state index contributed by atoms with van der Waals surface area (Å²) in [4.78, 5) is 13.3. The number of hydrogen-bond acceptors (Lipinski definition) is 3. The number of nitrogens with zero attached hydrogens (tertiary/aromatic N) is 1. The Labute approximate surface area is 113 Å². The molecule has 1 aliphatic heterocycles. The number of likely N-dealkylation sites (tertiary alicyclic amines) is 1. The standard InChI is InChI=1S/C13H14F3NO3/c14-13(15,16)8-4-6-17(7-5-8)12(20)11-9(18)2-1-3-10(11)19/h1-3,8,18-19H,4-7H2. The number of hydrogen-bond donors (Lipinski definition) is 2. The maximum atomic E-state index is 12.5. The Balaban J connectivity index is 2.09. The highest BCUT2D eigenvalue weighted by molar-refractivity contribution is 5.99. The third-order valence-corrected chi connectivity index (χ3v) is 3.48. The Morgan fingerprint density at radius 3 is 2.10 bits per heavy atom. The molecule has 0 unspecified atom stereocenters. The number of rotatable bonds is 1. The summed E-state index contributed by atoms with van der Waals surface area (Å²) in [7, 11) is 0. The second-order valence-corrected chi connectivity index (χ2v) is 4.78. The third-order valence-electron chi connectivity index (χ3n) is 3.48. The van der Waals surface area contributed by atoms with Crippen LogP contribution in [0.15, 0.2) is 18.2 Å². The number of piperidine rings is 1. The molecule has 0 saturated carbocycles. The van der Waals surface area contributed by atoms with Gasteiger partial charge in [-0.1, -0.05) is 6.07 Å². The summed E-state index contributed by atoms with van der Waals surface area (Å²) < 4.78 is 37.6. The molecule has 2 rings (SSSR count). The highest BCUT2D eigenvalue weighted by Crippen LogP contribution is 2.35. The van der Waals surface area contributed by atoms with Gasteiger partial charge in [0.15, 0.2) is 0 Å². The zero-order valence-corrected chi connectivity index (χ0v) is 10.5. The first kappa shape index (κ1) is 14.5. The maximum absolute atomic E-state index is 12.5. The number of carbonyl (C=O) groups excluding carboxylic acids is 1. The van der Waals surface area contributed by atoms with Crippen LogP contribution in [0, 0.1) is 5.92 Å². The quantitative estimate of drug-likeness (QED) is 0.835. The van der Waals surface area contributed by atoms with E-state index in [0.717, 1.165) is 0 Å². The molecule has 1 aromatic rings. The third kappa shape index (κ3) is 2.81. The SMILES string of the molecule is O=C(c1c(O)cccc1O)N1CCC(C(F)(F)F)CC1. The summed E-state index contributed by atoms with van der Waals surface area (Å²) in [6.07, 6.45) is -4.57. The van der Waals surface area contributed by atoms with E-state index in [2.05, 4.69) is 0 Å². The van der Waals surface area contributed by atoms with Crippen LogP contribution in [0.5, 0.6) is 11.5 Å². The van der Waals surface area contributed by atoms with Crippen molar-refractivity contribution in [3.63, 3.8) is 0 Å². The van der Waals surface area contributed by atoms with Crippen LogP contribution in [0.1, 0.15) is 23.2 Å². The highest BCUT2D eigenvalue weighted by Gasteiger charge is 2.42. The molecule has 1 heterocycles. The lowest BCUT2D eigenvalue weighted by Crippen LogP contribution is -2.42. The van der Waals surface area contributed by atoms with Crippen molar-refractivity contribution >= 4 is 5.91 Å². The van der Waals surface area contributed by atoms with Crippen molar-refractivity contribution in [3.05, 3.63) is 23.8 Å². The molecule has 0 aromatic heterocycles. The molecule has 7 heteroatoms. The van der Waals surface area contributed by atoms with Crippen LogP contribution >= 0.6 is 0 Å². The van der Waals surface area contributed by atoms with Gasteiger partial charge in [-0.3, -0.25) is 4.79 Å². The smallest absolute Gasteiger partial charge is 0.391 e. The molecule has 2 N–H and O–H groups in total. The van der Waals surface area contributed by atoms with Crippen LogP contribution in [0.25, 0.3) is 0 Å². The van der Waals surface area contributed by atoms with Crippen LogP contribution in [-0.2, 0) is 0 Å². The minimum absolute atomic E-state index is 0.0449. The first-order chi connectivity index (χ1) is 9.30. The van der Waals surface area contributed by atoms with Gasteiger partial charge in [0.1, 0.15) is 17.1 Å². The monoisotopic (exact) mass is 289 g/mol. The fraction of sp³-hybridized carbons (Fsp3) is 0.462. The van der Waals surface area contributed by atoms with Crippen LogP contribution in [0.4, 0.5) is 13.2 Å². The number of benzene rings is 1. The lowest BCUT2D eigenvalue weighted by atomic mass is 9.95. The second kappa shape index (κ2) is 5.22. The van der Waals surface area contributed by atoms with Crippen molar-refractivity contribution in [1.82, 2.24) is 4.90 Å². The predicted octanol–water partition coefficient (Wildman–Crippen LogP) is 2.51. The predicted molar refractivity (Wildman–Crippen MR) is 64.5 cm³/mol. The van der Waals surface area contributed by atoms with E-state index in [1.807, 2.05) is 0 Å². The number of phenols is 2. The van der Waals surface area contributed by atoms with Crippen molar-refractivity contribution in [2.24, 2.45) is 5.92 Å². The number of halogens is 3. The number of amides is 1. The molecule has 1 aromatic carbocycles. The van der Waals surface area contributed by atoms with Crippen LogP contribution in [0.3, 0.4) is 0 Å². The maximum Gasteiger partial charge on any atom is 0.391 e. The zero-order valence-electron chi connectivity index (χ0n) is 10.5. The van der Waals surface area contributed by atoms with E-state index in [9.17, 15) is 28.2 Å². The van der Waals surface area contributed by atoms with E-state index in [1.54, 1.807) is 0 Å². The van der Waals surface area contributed by atoms with Gasteiger partial charge in [-0.05, 0) is 25.0 Å². The first-order valence-electron chi connectivity index (χ1n) is 6.17. The molecule has 4 nitrogen and oxygen atoms in total. The minimum Gasteiger partial charge on any atom is -0.507 e. The molecule has 20 heavy (non-hydrogen) atoms. The lowest BCUT2D eigenvalue weighted by Gasteiger charge is -2.33. The van der Waals surface area contributed by atoms with Crippen molar-refractivity contribution in [1.29, 1.82) is 0 Å². The van der Waals surface area contributed by atoms with Crippen LogP contribution in [-0.4, -0.2) is 40.3 Å². The molecule has 1 fully saturated rings. The molecule has 0 atom stereocenters. The number of carbonyl (C=O) groups is 1. The number of alkyl halides is 3. The van der Waals surface area contributed by atoms with Crippen LogP contribution in [0.2, 0.25) is 0 Å². The summed E-state index contributed by atoms with van der Waals surface area (Å²) in [5.41, 5.74) is -0.266. The molecule has 0 bridgehead atoms. The number of aromatic hydroxyl groups is 2. The van der Waals surface area contributed by atoms with Gasteiger partial charge in [-0.25, -0.2) is 0 Å². The Hall–Kier alpha value is -1.92. The van der Waals surface area contributed by atoms with E-state index >= 15 is 0 Å². The Morgan fingerprint density at radius 2 is 1.65 bits per heavy atom. The van der Waals surface area contributed by atoms with Crippen molar-refractivity contribution in [2.75, 3.05) is 13.1 Å². The Kier molecular flexibility index (Phi) is 3.78. The average molecular weight is 289 g/mol. The van der Waals surface area contributed by atoms with Crippen molar-refractivity contribution < 1.29 is 28.2 Å². The van der Waals surface area contributed by atoms with Gasteiger partial charge in [0.05, 0.1) is 5.92 Å². The highest BCUT2D eigenvalue weighted by atomic mass is 19.4. The van der Waals surface area contributed by atoms with Gasteiger partial charge >= 0.3 is 6.18 Å². The molecular weight excluding hydrogens is 275 g/mol. The Morgan fingerprint density at radius 1 is 1.15 bits per heavy atom. The van der Waals surface area contributed by atoms with E-state index in [1.165, 1.54) is 23.1 Å². The van der Waals surface area contributed by atoms with Crippen molar-refractivity contribution in [3.8, 4) is 11.5 Å². The normalized spacial score (nSPS) is 17.2. The molecule has 0 radical (unpaired) electrons.